The first-order valence-corrected chi connectivity index (χ1v) is 14.7. The smallest absolute Gasteiger partial charge is 0.307 e. The van der Waals surface area contributed by atoms with Gasteiger partial charge in [-0.15, -0.1) is 0 Å². The van der Waals surface area contributed by atoms with Crippen LogP contribution >= 0.6 is 0 Å². The summed E-state index contributed by atoms with van der Waals surface area (Å²) in [5.41, 5.74) is 12.2. The van der Waals surface area contributed by atoms with Gasteiger partial charge in [0.15, 0.2) is 0 Å². The molecule has 0 aromatic heterocycles. The number of carboxylic acid groups (broad SMARTS) is 2. The molecule has 0 amide bonds. The molecule has 8 heteroatoms. The molecule has 0 saturated heterocycles. The molecule has 2 atom stereocenters. The Labute approximate surface area is 237 Å². The second-order valence-corrected chi connectivity index (χ2v) is 10.7. The third-order valence-electron chi connectivity index (χ3n) is 7.65. The topological polar surface area (TPSA) is 163 Å². The Hall–Kier alpha value is -3.30. The zero-order valence-corrected chi connectivity index (χ0v) is 23.7. The van der Waals surface area contributed by atoms with Gasteiger partial charge in [0.25, 0.3) is 0 Å². The third-order valence-corrected chi connectivity index (χ3v) is 7.65. The van der Waals surface area contributed by atoms with Crippen LogP contribution in [0.15, 0.2) is 60.7 Å². The molecular weight excluding hydrogens is 504 g/mol. The lowest BCUT2D eigenvalue weighted by molar-refractivity contribution is -0.657. The largest absolute Gasteiger partial charge is 0.481 e. The maximum absolute atomic E-state index is 12.3. The Bertz CT molecular complexity index is 1220. The number of carbonyl (C=O) groups is 2. The summed E-state index contributed by atoms with van der Waals surface area (Å²) < 4.78 is 0. The van der Waals surface area contributed by atoms with E-state index in [2.05, 4.69) is 40.3 Å². The van der Waals surface area contributed by atoms with Crippen LogP contribution in [0.5, 0.6) is 0 Å². The van der Waals surface area contributed by atoms with Crippen molar-refractivity contribution in [2.45, 2.75) is 38.5 Å². The van der Waals surface area contributed by atoms with E-state index in [9.17, 15) is 19.8 Å². The standard InChI is InChI=1S/C32H44N4O4/c33-12-4-14-35-16-10-26-21-25-9-8-24(18-28(25)22-27(26)11-17-36-15-5-13-34)20-30(32(39)40)29(31(37)38)19-23-6-2-1-3-7-23/h1-3,6-9,18,21-22,29-30,35-36H,4-5,10-17,19-20,33-34H2,(H,37,38)(H,39,40)/p+4. The second kappa shape index (κ2) is 16.7. The number of hydrogen-bond donors (Lipinski definition) is 6. The first-order chi connectivity index (χ1) is 19.4. The van der Waals surface area contributed by atoms with E-state index < -0.39 is 23.8 Å². The molecule has 0 bridgehead atoms. The molecule has 40 heavy (non-hydrogen) atoms. The van der Waals surface area contributed by atoms with Gasteiger partial charge in [-0.2, -0.15) is 0 Å². The molecule has 2 unspecified atom stereocenters. The van der Waals surface area contributed by atoms with Gasteiger partial charge in [-0.3, -0.25) is 9.59 Å². The fourth-order valence-electron chi connectivity index (χ4n) is 5.34. The average molecular weight is 553 g/mol. The van der Waals surface area contributed by atoms with Gasteiger partial charge < -0.3 is 32.3 Å². The molecular formula is C32H48N4O4+4. The van der Waals surface area contributed by atoms with Gasteiger partial charge in [0.2, 0.25) is 0 Å². The predicted octanol–water partition coefficient (Wildman–Crippen LogP) is -0.498. The Morgan fingerprint density at radius 2 is 1.18 bits per heavy atom. The summed E-state index contributed by atoms with van der Waals surface area (Å²) in [6, 6.07) is 19.8. The molecule has 3 aromatic carbocycles. The van der Waals surface area contributed by atoms with Gasteiger partial charge in [-0.25, -0.2) is 0 Å². The van der Waals surface area contributed by atoms with Crippen LogP contribution in [0.1, 0.15) is 35.1 Å². The second-order valence-electron chi connectivity index (χ2n) is 10.7. The Morgan fingerprint density at radius 1 is 0.650 bits per heavy atom. The van der Waals surface area contributed by atoms with Gasteiger partial charge in [0.1, 0.15) is 0 Å². The number of benzene rings is 3. The normalized spacial score (nSPS) is 12.8. The lowest BCUT2D eigenvalue weighted by Crippen LogP contribution is -2.85. The van der Waals surface area contributed by atoms with Crippen molar-refractivity contribution in [3.8, 4) is 0 Å². The summed E-state index contributed by atoms with van der Waals surface area (Å²) in [5.74, 6) is -4.19. The highest BCUT2D eigenvalue weighted by molar-refractivity contribution is 5.85. The molecule has 0 fully saturated rings. The van der Waals surface area contributed by atoms with Gasteiger partial charge in [0.05, 0.1) is 51.1 Å². The quantitative estimate of drug-likeness (QED) is 0.111. The van der Waals surface area contributed by atoms with Crippen LogP contribution in [0, 0.1) is 11.8 Å². The van der Waals surface area contributed by atoms with Gasteiger partial charge in [-0.05, 0) is 45.9 Å². The predicted molar refractivity (Wildman–Crippen MR) is 156 cm³/mol. The molecule has 3 rings (SSSR count). The lowest BCUT2D eigenvalue weighted by Gasteiger charge is -2.21. The summed E-state index contributed by atoms with van der Waals surface area (Å²) in [5, 5.41) is 26.9. The first kappa shape index (κ1) is 31.2. The van der Waals surface area contributed by atoms with Crippen LogP contribution in [0.3, 0.4) is 0 Å². The molecule has 0 radical (unpaired) electrons. The molecule has 8 nitrogen and oxygen atoms in total. The zero-order chi connectivity index (χ0) is 28.7. The average Bonchev–Trinajstić information content (AvgIpc) is 2.95. The molecule has 216 valence electrons. The molecule has 0 aliphatic heterocycles. The van der Waals surface area contributed by atoms with Crippen molar-refractivity contribution in [3.63, 3.8) is 0 Å². The van der Waals surface area contributed by atoms with Crippen LogP contribution in [0.25, 0.3) is 10.8 Å². The summed E-state index contributed by atoms with van der Waals surface area (Å²) in [6.07, 6.45) is 4.57. The van der Waals surface area contributed by atoms with E-state index in [1.54, 1.807) is 0 Å². The first-order valence-electron chi connectivity index (χ1n) is 14.7. The van der Waals surface area contributed by atoms with E-state index in [0.717, 1.165) is 86.9 Å². The number of hydrogen-bond acceptors (Lipinski definition) is 2. The molecule has 0 heterocycles. The molecule has 0 aliphatic carbocycles. The third kappa shape index (κ3) is 9.71. The van der Waals surface area contributed by atoms with Crippen LogP contribution in [0.4, 0.5) is 0 Å². The van der Waals surface area contributed by atoms with E-state index in [-0.39, 0.29) is 12.8 Å². The van der Waals surface area contributed by atoms with Crippen LogP contribution in [-0.2, 0) is 35.3 Å². The molecule has 12 N–H and O–H groups in total. The Kier molecular flexibility index (Phi) is 13.1. The van der Waals surface area contributed by atoms with Crippen LogP contribution in [0.2, 0.25) is 0 Å². The zero-order valence-electron chi connectivity index (χ0n) is 23.7. The van der Waals surface area contributed by atoms with Crippen molar-refractivity contribution in [1.82, 2.24) is 0 Å². The molecule has 3 aromatic rings. The minimum atomic E-state index is -1.08. The fourth-order valence-corrected chi connectivity index (χ4v) is 5.34. The minimum Gasteiger partial charge on any atom is -0.481 e. The Balaban J connectivity index is 1.83. The number of nitrogens with two attached hydrogens (primary N) is 2. The van der Waals surface area contributed by atoms with Gasteiger partial charge in [0, 0.05) is 25.7 Å². The maximum Gasteiger partial charge on any atom is 0.307 e. The van der Waals surface area contributed by atoms with Crippen molar-refractivity contribution in [2.24, 2.45) is 11.8 Å². The lowest BCUT2D eigenvalue weighted by atomic mass is 9.82. The molecule has 0 aliphatic rings. The van der Waals surface area contributed by atoms with Crippen molar-refractivity contribution in [3.05, 3.63) is 82.9 Å². The summed E-state index contributed by atoms with van der Waals surface area (Å²) >= 11 is 0. The van der Waals surface area contributed by atoms with Gasteiger partial charge >= 0.3 is 11.9 Å². The highest BCUT2D eigenvalue weighted by atomic mass is 16.4. The van der Waals surface area contributed by atoms with E-state index in [1.807, 2.05) is 42.5 Å². The van der Waals surface area contributed by atoms with Crippen molar-refractivity contribution in [2.75, 3.05) is 39.3 Å². The SMILES string of the molecule is [NH3+]CCC[NH2+]CCc1cc2ccc(CC(C(=O)O)C(Cc3ccccc3)C(=O)O)cc2cc1CC[NH2+]CCC[NH3+]. The van der Waals surface area contributed by atoms with Crippen molar-refractivity contribution < 1.29 is 41.9 Å². The van der Waals surface area contributed by atoms with E-state index >= 15 is 0 Å². The highest BCUT2D eigenvalue weighted by Gasteiger charge is 2.34. The maximum atomic E-state index is 12.3. The Morgan fingerprint density at radius 3 is 1.70 bits per heavy atom. The summed E-state index contributed by atoms with van der Waals surface area (Å²) in [6.45, 7) is 6.16. The van der Waals surface area contributed by atoms with Crippen LogP contribution < -0.4 is 22.1 Å². The number of carboxylic acids is 2. The number of aliphatic carboxylic acids is 2. The van der Waals surface area contributed by atoms with E-state index in [4.69, 9.17) is 0 Å². The molecule has 0 spiro atoms. The highest BCUT2D eigenvalue weighted by Crippen LogP contribution is 2.27. The van der Waals surface area contributed by atoms with Crippen molar-refractivity contribution >= 4 is 22.7 Å². The van der Waals surface area contributed by atoms with Gasteiger partial charge in [-0.1, -0.05) is 60.7 Å². The van der Waals surface area contributed by atoms with E-state index in [1.165, 1.54) is 11.1 Å². The number of quaternary nitrogens is 4. The molecule has 0 saturated carbocycles. The van der Waals surface area contributed by atoms with Crippen LogP contribution in [-0.4, -0.2) is 61.4 Å². The fraction of sp³-hybridized carbons (Fsp3) is 0.438. The number of fused-ring (bicyclic) bond motifs is 1. The summed E-state index contributed by atoms with van der Waals surface area (Å²) in [7, 11) is 0. The monoisotopic (exact) mass is 552 g/mol. The van der Waals surface area contributed by atoms with Crippen molar-refractivity contribution in [1.29, 1.82) is 0 Å². The number of rotatable bonds is 19. The minimum absolute atomic E-state index is 0.173. The summed E-state index contributed by atoms with van der Waals surface area (Å²) in [4.78, 5) is 24.5. The van der Waals surface area contributed by atoms with E-state index in [0.29, 0.717) is 0 Å².